The first-order valence-electron chi connectivity index (χ1n) is 5.89. The van der Waals surface area contributed by atoms with Crippen molar-refractivity contribution in [1.82, 2.24) is 4.90 Å². The van der Waals surface area contributed by atoms with Gasteiger partial charge in [-0.3, -0.25) is 9.69 Å². The van der Waals surface area contributed by atoms with Crippen LogP contribution in [0.5, 0.6) is 0 Å². The van der Waals surface area contributed by atoms with Crippen LogP contribution in [0.3, 0.4) is 0 Å². The fourth-order valence-electron chi connectivity index (χ4n) is 1.58. The fourth-order valence-corrected chi connectivity index (χ4v) is 1.77. The van der Waals surface area contributed by atoms with Gasteiger partial charge in [-0.05, 0) is 25.1 Å². The van der Waals surface area contributed by atoms with E-state index >= 15 is 0 Å². The molecule has 0 saturated carbocycles. The molecule has 1 rings (SSSR count). The minimum atomic E-state index is -0.443. The largest absolute Gasteiger partial charge is 0.465 e. The minimum absolute atomic E-state index is 0.111. The van der Waals surface area contributed by atoms with Crippen LogP contribution in [-0.4, -0.2) is 30.6 Å². The van der Waals surface area contributed by atoms with E-state index in [4.69, 9.17) is 16.3 Å². The Balaban J connectivity index is 2.68. The predicted molar refractivity (Wildman–Crippen MR) is 69.0 cm³/mol. The molecule has 0 atom stereocenters. The molecule has 100 valence electrons. The highest BCUT2D eigenvalue weighted by molar-refractivity contribution is 6.31. The Labute approximate surface area is 111 Å². The average molecular weight is 274 g/mol. The van der Waals surface area contributed by atoms with Crippen molar-refractivity contribution in [2.24, 2.45) is 0 Å². The van der Waals surface area contributed by atoms with Crippen LogP contribution >= 0.6 is 11.6 Å². The lowest BCUT2D eigenvalue weighted by atomic mass is 10.2. The van der Waals surface area contributed by atoms with E-state index in [1.807, 2.05) is 11.8 Å². The van der Waals surface area contributed by atoms with Crippen LogP contribution in [0.4, 0.5) is 4.39 Å². The Morgan fingerprint density at radius 3 is 2.78 bits per heavy atom. The SMILES string of the molecule is CCOC(=O)CN(CC)Cc1cccc(F)c1Cl. The summed E-state index contributed by atoms with van der Waals surface area (Å²) in [7, 11) is 0. The van der Waals surface area contributed by atoms with E-state index in [1.54, 1.807) is 19.1 Å². The van der Waals surface area contributed by atoms with E-state index < -0.39 is 5.82 Å². The zero-order chi connectivity index (χ0) is 13.5. The third kappa shape index (κ3) is 4.27. The summed E-state index contributed by atoms with van der Waals surface area (Å²) in [5.74, 6) is -0.728. The van der Waals surface area contributed by atoms with Crippen LogP contribution in [0.2, 0.25) is 5.02 Å². The molecular formula is C13H17ClFNO2. The van der Waals surface area contributed by atoms with Gasteiger partial charge < -0.3 is 4.74 Å². The minimum Gasteiger partial charge on any atom is -0.465 e. The number of likely N-dealkylation sites (N-methyl/N-ethyl adjacent to an activating group) is 1. The van der Waals surface area contributed by atoms with Gasteiger partial charge in [0, 0.05) is 6.54 Å². The molecule has 0 heterocycles. The zero-order valence-electron chi connectivity index (χ0n) is 10.6. The van der Waals surface area contributed by atoms with E-state index in [1.165, 1.54) is 6.07 Å². The number of carbonyl (C=O) groups is 1. The van der Waals surface area contributed by atoms with Crippen molar-refractivity contribution in [3.8, 4) is 0 Å². The number of carbonyl (C=O) groups excluding carboxylic acids is 1. The smallest absolute Gasteiger partial charge is 0.320 e. The first kappa shape index (κ1) is 14.9. The van der Waals surface area contributed by atoms with Crippen molar-refractivity contribution >= 4 is 17.6 Å². The Kier molecular flexibility index (Phi) is 6.09. The Bertz CT molecular complexity index is 412. The second-order valence-corrected chi connectivity index (χ2v) is 4.20. The van der Waals surface area contributed by atoms with Crippen molar-refractivity contribution in [3.63, 3.8) is 0 Å². The van der Waals surface area contributed by atoms with Crippen LogP contribution in [-0.2, 0) is 16.1 Å². The van der Waals surface area contributed by atoms with E-state index in [2.05, 4.69) is 0 Å². The lowest BCUT2D eigenvalue weighted by molar-refractivity contribution is -0.144. The van der Waals surface area contributed by atoms with E-state index in [0.29, 0.717) is 25.3 Å². The molecule has 0 amide bonds. The van der Waals surface area contributed by atoms with Gasteiger partial charge in [0.1, 0.15) is 5.82 Å². The number of ether oxygens (including phenoxy) is 1. The Morgan fingerprint density at radius 1 is 1.44 bits per heavy atom. The summed E-state index contributed by atoms with van der Waals surface area (Å²) in [6.07, 6.45) is 0. The molecule has 3 nitrogen and oxygen atoms in total. The maximum Gasteiger partial charge on any atom is 0.320 e. The van der Waals surface area contributed by atoms with Crippen LogP contribution < -0.4 is 0 Å². The Morgan fingerprint density at radius 2 is 2.17 bits per heavy atom. The van der Waals surface area contributed by atoms with Crippen molar-refractivity contribution in [2.75, 3.05) is 19.7 Å². The first-order valence-corrected chi connectivity index (χ1v) is 6.27. The predicted octanol–water partition coefficient (Wildman–Crippen LogP) is 2.86. The third-order valence-electron chi connectivity index (χ3n) is 2.53. The molecule has 0 aromatic heterocycles. The van der Waals surface area contributed by atoms with Crippen molar-refractivity contribution in [2.45, 2.75) is 20.4 Å². The van der Waals surface area contributed by atoms with E-state index in [-0.39, 0.29) is 17.5 Å². The van der Waals surface area contributed by atoms with Crippen LogP contribution in [0.1, 0.15) is 19.4 Å². The molecule has 0 aliphatic heterocycles. The highest BCUT2D eigenvalue weighted by Crippen LogP contribution is 2.21. The molecule has 0 aliphatic rings. The first-order chi connectivity index (χ1) is 8.58. The van der Waals surface area contributed by atoms with Crippen LogP contribution in [0, 0.1) is 5.82 Å². The van der Waals surface area contributed by atoms with Gasteiger partial charge in [0.2, 0.25) is 0 Å². The average Bonchev–Trinajstić information content (AvgIpc) is 2.34. The number of nitrogens with zero attached hydrogens (tertiary/aromatic N) is 1. The maximum absolute atomic E-state index is 13.3. The van der Waals surface area contributed by atoms with Crippen molar-refractivity contribution in [1.29, 1.82) is 0 Å². The molecule has 0 radical (unpaired) electrons. The lowest BCUT2D eigenvalue weighted by Gasteiger charge is -2.20. The van der Waals surface area contributed by atoms with Gasteiger partial charge >= 0.3 is 5.97 Å². The second kappa shape index (κ2) is 7.34. The number of hydrogen-bond donors (Lipinski definition) is 0. The summed E-state index contributed by atoms with van der Waals surface area (Å²) >= 11 is 5.87. The summed E-state index contributed by atoms with van der Waals surface area (Å²) in [6.45, 7) is 5.30. The van der Waals surface area contributed by atoms with Gasteiger partial charge in [0.15, 0.2) is 0 Å². The van der Waals surface area contributed by atoms with E-state index in [9.17, 15) is 9.18 Å². The summed E-state index contributed by atoms with van der Waals surface area (Å²) in [5, 5.41) is 0.111. The maximum atomic E-state index is 13.3. The molecule has 0 fully saturated rings. The van der Waals surface area contributed by atoms with Gasteiger partial charge in [-0.2, -0.15) is 0 Å². The van der Waals surface area contributed by atoms with Crippen molar-refractivity contribution in [3.05, 3.63) is 34.6 Å². The number of esters is 1. The Hall–Kier alpha value is -1.13. The van der Waals surface area contributed by atoms with E-state index in [0.717, 1.165) is 0 Å². The summed E-state index contributed by atoms with van der Waals surface area (Å²) in [4.78, 5) is 13.2. The van der Waals surface area contributed by atoms with Gasteiger partial charge in [0.25, 0.3) is 0 Å². The molecule has 0 spiro atoms. The van der Waals surface area contributed by atoms with Crippen LogP contribution in [0.25, 0.3) is 0 Å². The normalized spacial score (nSPS) is 10.7. The standard InChI is InChI=1S/C13H17ClFNO2/c1-3-16(9-12(17)18-4-2)8-10-6-5-7-11(15)13(10)14/h5-7H,3-4,8-9H2,1-2H3. The molecule has 1 aromatic rings. The fraction of sp³-hybridized carbons (Fsp3) is 0.462. The lowest BCUT2D eigenvalue weighted by Crippen LogP contribution is -2.30. The number of rotatable bonds is 6. The zero-order valence-corrected chi connectivity index (χ0v) is 11.3. The molecule has 0 saturated heterocycles. The molecular weight excluding hydrogens is 257 g/mol. The number of benzene rings is 1. The summed E-state index contributed by atoms with van der Waals surface area (Å²) in [5.41, 5.74) is 0.669. The second-order valence-electron chi connectivity index (χ2n) is 3.82. The molecule has 0 N–H and O–H groups in total. The molecule has 0 bridgehead atoms. The summed E-state index contributed by atoms with van der Waals surface area (Å²) < 4.78 is 18.2. The molecule has 0 unspecified atom stereocenters. The topological polar surface area (TPSA) is 29.5 Å². The van der Waals surface area contributed by atoms with Gasteiger partial charge in [0.05, 0.1) is 18.2 Å². The molecule has 1 aromatic carbocycles. The monoisotopic (exact) mass is 273 g/mol. The van der Waals surface area contributed by atoms with Crippen LogP contribution in [0.15, 0.2) is 18.2 Å². The quantitative estimate of drug-likeness (QED) is 0.747. The van der Waals surface area contributed by atoms with Gasteiger partial charge in [-0.25, -0.2) is 4.39 Å². The third-order valence-corrected chi connectivity index (χ3v) is 2.95. The highest BCUT2D eigenvalue weighted by atomic mass is 35.5. The highest BCUT2D eigenvalue weighted by Gasteiger charge is 2.13. The molecule has 0 aliphatic carbocycles. The number of hydrogen-bond acceptors (Lipinski definition) is 3. The molecule has 5 heteroatoms. The van der Waals surface area contributed by atoms with Gasteiger partial charge in [-0.15, -0.1) is 0 Å². The van der Waals surface area contributed by atoms with Crippen molar-refractivity contribution < 1.29 is 13.9 Å². The molecule has 18 heavy (non-hydrogen) atoms. The van der Waals surface area contributed by atoms with Gasteiger partial charge in [-0.1, -0.05) is 30.7 Å². The summed E-state index contributed by atoms with van der Waals surface area (Å²) in [6, 6.07) is 4.67. The number of halogens is 2.